The van der Waals surface area contributed by atoms with E-state index in [1.807, 2.05) is 12.3 Å². The monoisotopic (exact) mass is 312 g/mol. The maximum absolute atomic E-state index is 4.97. The number of imidazole rings is 1. The Bertz CT molecular complexity index is 669. The van der Waals surface area contributed by atoms with Gasteiger partial charge in [0.05, 0.1) is 0 Å². The first-order valence-corrected chi connectivity index (χ1v) is 9.28. The molecule has 0 spiro atoms. The van der Waals surface area contributed by atoms with Crippen molar-refractivity contribution in [2.24, 2.45) is 5.92 Å². The van der Waals surface area contributed by atoms with E-state index < -0.39 is 0 Å². The van der Waals surface area contributed by atoms with Gasteiger partial charge in [0.1, 0.15) is 11.3 Å². The van der Waals surface area contributed by atoms with Crippen molar-refractivity contribution in [3.8, 4) is 0 Å². The van der Waals surface area contributed by atoms with E-state index in [4.69, 9.17) is 4.98 Å². The standard InChI is InChI=1S/C19H28N4/c1-14(2)22-11-9-15(13-22)12-18-21-17-8-5-10-20-19(17)23(18)16-6-3-4-7-16/h5,8,10,14-16H,3-4,6-7,9,11-13H2,1-2H3. The van der Waals surface area contributed by atoms with Gasteiger partial charge in [-0.25, -0.2) is 9.97 Å². The summed E-state index contributed by atoms with van der Waals surface area (Å²) >= 11 is 0. The first-order valence-electron chi connectivity index (χ1n) is 9.28. The lowest BCUT2D eigenvalue weighted by molar-refractivity contribution is 0.264. The van der Waals surface area contributed by atoms with Crippen LogP contribution in [0.15, 0.2) is 18.3 Å². The number of likely N-dealkylation sites (tertiary alicyclic amines) is 1. The molecule has 0 radical (unpaired) electrons. The average molecular weight is 312 g/mol. The van der Waals surface area contributed by atoms with Crippen molar-refractivity contribution in [1.29, 1.82) is 0 Å². The fraction of sp³-hybridized carbons (Fsp3) is 0.684. The Hall–Kier alpha value is -1.42. The van der Waals surface area contributed by atoms with Gasteiger partial charge in [-0.1, -0.05) is 12.8 Å². The molecule has 3 heterocycles. The Labute approximate surface area is 138 Å². The van der Waals surface area contributed by atoms with E-state index in [-0.39, 0.29) is 0 Å². The van der Waals surface area contributed by atoms with Gasteiger partial charge >= 0.3 is 0 Å². The zero-order valence-electron chi connectivity index (χ0n) is 14.4. The molecule has 1 aliphatic carbocycles. The third-order valence-electron chi connectivity index (χ3n) is 5.73. The molecule has 4 heteroatoms. The summed E-state index contributed by atoms with van der Waals surface area (Å²) in [6.07, 6.45) is 9.60. The normalized spacial score (nSPS) is 23.5. The Morgan fingerprint density at radius 2 is 2.04 bits per heavy atom. The Kier molecular flexibility index (Phi) is 4.10. The number of nitrogens with zero attached hydrogens (tertiary/aromatic N) is 4. The molecule has 23 heavy (non-hydrogen) atoms. The Morgan fingerprint density at radius 3 is 2.78 bits per heavy atom. The number of aromatic nitrogens is 3. The summed E-state index contributed by atoms with van der Waals surface area (Å²) in [6.45, 7) is 7.07. The molecule has 2 fully saturated rings. The highest BCUT2D eigenvalue weighted by molar-refractivity contribution is 5.71. The molecule has 1 unspecified atom stereocenters. The summed E-state index contributed by atoms with van der Waals surface area (Å²) in [7, 11) is 0. The molecule has 2 aliphatic rings. The molecule has 2 aromatic heterocycles. The van der Waals surface area contributed by atoms with Crippen molar-refractivity contribution in [3.63, 3.8) is 0 Å². The Morgan fingerprint density at radius 1 is 1.22 bits per heavy atom. The second-order valence-electron chi connectivity index (χ2n) is 7.63. The molecule has 124 valence electrons. The van der Waals surface area contributed by atoms with Crippen LogP contribution >= 0.6 is 0 Å². The first kappa shape index (κ1) is 15.1. The predicted octanol–water partition coefficient (Wildman–Crippen LogP) is 3.82. The van der Waals surface area contributed by atoms with Crippen molar-refractivity contribution >= 4 is 11.2 Å². The van der Waals surface area contributed by atoms with E-state index in [1.165, 1.54) is 51.0 Å². The summed E-state index contributed by atoms with van der Waals surface area (Å²) in [6, 6.07) is 5.41. The summed E-state index contributed by atoms with van der Waals surface area (Å²) in [5, 5.41) is 0. The fourth-order valence-electron chi connectivity index (χ4n) is 4.42. The van der Waals surface area contributed by atoms with Gasteiger partial charge in [-0.3, -0.25) is 0 Å². The zero-order valence-corrected chi connectivity index (χ0v) is 14.4. The minimum Gasteiger partial charge on any atom is -0.310 e. The van der Waals surface area contributed by atoms with E-state index in [0.717, 1.165) is 23.5 Å². The molecule has 2 aromatic rings. The fourth-order valence-corrected chi connectivity index (χ4v) is 4.42. The van der Waals surface area contributed by atoms with Gasteiger partial charge in [-0.2, -0.15) is 0 Å². The van der Waals surface area contributed by atoms with Crippen LogP contribution in [0, 0.1) is 5.92 Å². The Balaban J connectivity index is 1.62. The SMILES string of the molecule is CC(C)N1CCC(Cc2nc3cccnc3n2C2CCCC2)C1. The highest BCUT2D eigenvalue weighted by Gasteiger charge is 2.28. The van der Waals surface area contributed by atoms with Crippen LogP contribution in [0.3, 0.4) is 0 Å². The molecule has 0 aromatic carbocycles. The van der Waals surface area contributed by atoms with Crippen molar-refractivity contribution in [1.82, 2.24) is 19.4 Å². The highest BCUT2D eigenvalue weighted by Crippen LogP contribution is 2.34. The van der Waals surface area contributed by atoms with Crippen molar-refractivity contribution in [2.45, 2.75) is 64.5 Å². The molecule has 0 N–H and O–H groups in total. The second-order valence-corrected chi connectivity index (χ2v) is 7.63. The van der Waals surface area contributed by atoms with Crippen molar-refractivity contribution in [2.75, 3.05) is 13.1 Å². The first-order chi connectivity index (χ1) is 11.2. The van der Waals surface area contributed by atoms with Crippen LogP contribution in [0.1, 0.15) is 57.8 Å². The van der Waals surface area contributed by atoms with Crippen LogP contribution in [-0.2, 0) is 6.42 Å². The van der Waals surface area contributed by atoms with Crippen molar-refractivity contribution < 1.29 is 0 Å². The molecule has 1 atom stereocenters. The largest absolute Gasteiger partial charge is 0.310 e. The summed E-state index contributed by atoms with van der Waals surface area (Å²) in [4.78, 5) is 12.2. The molecular formula is C19H28N4. The molecule has 0 amide bonds. The van der Waals surface area contributed by atoms with Gasteiger partial charge in [0.2, 0.25) is 0 Å². The zero-order chi connectivity index (χ0) is 15.8. The molecular weight excluding hydrogens is 284 g/mol. The lowest BCUT2D eigenvalue weighted by atomic mass is 10.0. The third kappa shape index (κ3) is 2.89. The lowest BCUT2D eigenvalue weighted by Gasteiger charge is -2.21. The number of hydrogen-bond acceptors (Lipinski definition) is 3. The van der Waals surface area contributed by atoms with Crippen LogP contribution in [0.4, 0.5) is 0 Å². The molecule has 1 saturated heterocycles. The second kappa shape index (κ2) is 6.23. The minimum atomic E-state index is 0.618. The van der Waals surface area contributed by atoms with Crippen LogP contribution in [0.25, 0.3) is 11.2 Å². The number of hydrogen-bond donors (Lipinski definition) is 0. The van der Waals surface area contributed by atoms with Gasteiger partial charge in [-0.05, 0) is 57.7 Å². The maximum atomic E-state index is 4.97. The minimum absolute atomic E-state index is 0.618. The van der Waals surface area contributed by atoms with Gasteiger partial charge in [0.15, 0.2) is 5.65 Å². The molecule has 1 saturated carbocycles. The average Bonchev–Trinajstić information content (AvgIpc) is 3.25. The highest BCUT2D eigenvalue weighted by atomic mass is 15.2. The van der Waals surface area contributed by atoms with Crippen LogP contribution in [0.2, 0.25) is 0 Å². The third-order valence-corrected chi connectivity index (χ3v) is 5.73. The quantitative estimate of drug-likeness (QED) is 0.860. The summed E-state index contributed by atoms with van der Waals surface area (Å²) in [5.74, 6) is 2.02. The van der Waals surface area contributed by atoms with E-state index in [2.05, 4.69) is 34.4 Å². The van der Waals surface area contributed by atoms with E-state index >= 15 is 0 Å². The molecule has 1 aliphatic heterocycles. The van der Waals surface area contributed by atoms with E-state index in [0.29, 0.717) is 12.1 Å². The van der Waals surface area contributed by atoms with E-state index in [9.17, 15) is 0 Å². The topological polar surface area (TPSA) is 34.0 Å². The van der Waals surface area contributed by atoms with E-state index in [1.54, 1.807) is 0 Å². The molecule has 0 bridgehead atoms. The maximum Gasteiger partial charge on any atom is 0.160 e. The molecule has 4 nitrogen and oxygen atoms in total. The van der Waals surface area contributed by atoms with Crippen LogP contribution in [-0.4, -0.2) is 38.6 Å². The van der Waals surface area contributed by atoms with Gasteiger partial charge in [0, 0.05) is 31.2 Å². The molecule has 4 rings (SSSR count). The predicted molar refractivity (Wildman–Crippen MR) is 93.6 cm³/mol. The van der Waals surface area contributed by atoms with Crippen LogP contribution < -0.4 is 0 Å². The summed E-state index contributed by atoms with van der Waals surface area (Å²) < 4.78 is 2.49. The van der Waals surface area contributed by atoms with Gasteiger partial charge < -0.3 is 9.47 Å². The number of fused-ring (bicyclic) bond motifs is 1. The van der Waals surface area contributed by atoms with Crippen molar-refractivity contribution in [3.05, 3.63) is 24.2 Å². The number of rotatable bonds is 4. The smallest absolute Gasteiger partial charge is 0.160 e. The number of pyridine rings is 1. The lowest BCUT2D eigenvalue weighted by Crippen LogP contribution is -2.28. The van der Waals surface area contributed by atoms with Gasteiger partial charge in [0.25, 0.3) is 0 Å². The van der Waals surface area contributed by atoms with Gasteiger partial charge in [-0.15, -0.1) is 0 Å². The summed E-state index contributed by atoms with van der Waals surface area (Å²) in [5.41, 5.74) is 2.18. The van der Waals surface area contributed by atoms with Crippen LogP contribution in [0.5, 0.6) is 0 Å².